The van der Waals surface area contributed by atoms with Crippen LogP contribution in [0.15, 0.2) is 18.2 Å². The number of piperidine rings is 1. The molecular formula is C16H21Cl2N3. The van der Waals surface area contributed by atoms with Crippen molar-refractivity contribution in [1.29, 1.82) is 5.26 Å². The molecule has 0 unspecified atom stereocenters. The highest BCUT2D eigenvalue weighted by molar-refractivity contribution is 6.42. The van der Waals surface area contributed by atoms with Gasteiger partial charge in [-0.1, -0.05) is 29.3 Å². The minimum absolute atomic E-state index is 0.103. The average Bonchev–Trinajstić information content (AvgIpc) is 2.51. The van der Waals surface area contributed by atoms with Crippen LogP contribution >= 0.6 is 23.2 Å². The van der Waals surface area contributed by atoms with E-state index in [0.717, 1.165) is 39.0 Å². The van der Waals surface area contributed by atoms with E-state index >= 15 is 0 Å². The monoisotopic (exact) mass is 325 g/mol. The van der Waals surface area contributed by atoms with Gasteiger partial charge in [0.2, 0.25) is 0 Å². The Hall–Kier alpha value is -0.790. The fraction of sp³-hybridized carbons (Fsp3) is 0.562. The normalized spacial score (nSPS) is 22.0. The van der Waals surface area contributed by atoms with Crippen LogP contribution < -0.4 is 10.6 Å². The van der Waals surface area contributed by atoms with E-state index in [1.807, 2.05) is 12.1 Å². The molecule has 1 aliphatic rings. The zero-order chi connectivity index (χ0) is 15.1. The Balaban J connectivity index is 2.09. The Morgan fingerprint density at radius 1 is 1.29 bits per heavy atom. The van der Waals surface area contributed by atoms with Crippen LogP contribution in [0.3, 0.4) is 0 Å². The third kappa shape index (κ3) is 4.34. The third-order valence-corrected chi connectivity index (χ3v) is 4.94. The Morgan fingerprint density at radius 2 is 2.14 bits per heavy atom. The number of nitrogens with zero attached hydrogens (tertiary/aromatic N) is 1. The number of benzene rings is 1. The molecule has 1 aliphatic heterocycles. The van der Waals surface area contributed by atoms with Gasteiger partial charge in [0.25, 0.3) is 0 Å². The first-order valence-electron chi connectivity index (χ1n) is 7.42. The molecule has 1 heterocycles. The standard InChI is InChI=1S/C16H21Cl2N3/c17-14-4-3-13(11-15(14)18)16(5-1-8-21-12-16)6-10-20-9-2-7-19/h3-4,11,20-21H,1-2,5-6,8-10,12H2/t16-/m1/s1. The molecule has 1 fully saturated rings. The Kier molecular flexibility index (Phi) is 6.32. The first kappa shape index (κ1) is 16.6. The fourth-order valence-electron chi connectivity index (χ4n) is 2.99. The molecule has 0 aromatic heterocycles. The number of hydrogen-bond acceptors (Lipinski definition) is 3. The zero-order valence-corrected chi connectivity index (χ0v) is 13.6. The molecule has 0 aliphatic carbocycles. The summed E-state index contributed by atoms with van der Waals surface area (Å²) in [5.74, 6) is 0. The Morgan fingerprint density at radius 3 is 2.81 bits per heavy atom. The molecule has 3 nitrogen and oxygen atoms in total. The summed E-state index contributed by atoms with van der Waals surface area (Å²) >= 11 is 12.2. The molecule has 0 spiro atoms. The van der Waals surface area contributed by atoms with E-state index in [9.17, 15) is 0 Å². The van der Waals surface area contributed by atoms with E-state index < -0.39 is 0 Å². The third-order valence-electron chi connectivity index (χ3n) is 4.20. The first-order valence-corrected chi connectivity index (χ1v) is 8.17. The van der Waals surface area contributed by atoms with Gasteiger partial charge in [-0.15, -0.1) is 0 Å². The highest BCUT2D eigenvalue weighted by Crippen LogP contribution is 2.37. The van der Waals surface area contributed by atoms with Crippen LogP contribution in [0.1, 0.15) is 31.2 Å². The second kappa shape index (κ2) is 8.00. The minimum atomic E-state index is 0.103. The van der Waals surface area contributed by atoms with Gasteiger partial charge in [-0.05, 0) is 50.0 Å². The Labute approximate surface area is 136 Å². The molecular weight excluding hydrogens is 305 g/mol. The average molecular weight is 326 g/mol. The molecule has 114 valence electrons. The van der Waals surface area contributed by atoms with Gasteiger partial charge >= 0.3 is 0 Å². The van der Waals surface area contributed by atoms with Gasteiger partial charge in [-0.3, -0.25) is 0 Å². The Bertz CT molecular complexity index is 505. The summed E-state index contributed by atoms with van der Waals surface area (Å²) < 4.78 is 0. The molecule has 0 amide bonds. The van der Waals surface area contributed by atoms with Gasteiger partial charge in [0, 0.05) is 24.9 Å². The lowest BCUT2D eigenvalue weighted by molar-refractivity contribution is 0.289. The molecule has 0 saturated carbocycles. The molecule has 1 saturated heterocycles. The molecule has 21 heavy (non-hydrogen) atoms. The van der Waals surface area contributed by atoms with Crippen LogP contribution in [0.5, 0.6) is 0 Å². The molecule has 1 aromatic carbocycles. The first-order chi connectivity index (χ1) is 10.2. The largest absolute Gasteiger partial charge is 0.316 e. The summed E-state index contributed by atoms with van der Waals surface area (Å²) in [6.45, 7) is 3.70. The van der Waals surface area contributed by atoms with Crippen LogP contribution in [0.2, 0.25) is 10.0 Å². The molecule has 1 aromatic rings. The van der Waals surface area contributed by atoms with E-state index in [0.29, 0.717) is 16.5 Å². The maximum atomic E-state index is 8.57. The number of nitriles is 1. The summed E-state index contributed by atoms with van der Waals surface area (Å²) in [5.41, 5.74) is 1.36. The van der Waals surface area contributed by atoms with Crippen molar-refractivity contribution in [2.24, 2.45) is 0 Å². The van der Waals surface area contributed by atoms with Crippen molar-refractivity contribution in [3.63, 3.8) is 0 Å². The summed E-state index contributed by atoms with van der Waals surface area (Å²) in [6.07, 6.45) is 3.90. The van der Waals surface area contributed by atoms with Gasteiger partial charge in [0.1, 0.15) is 0 Å². The minimum Gasteiger partial charge on any atom is -0.316 e. The lowest BCUT2D eigenvalue weighted by atomic mass is 9.72. The number of nitrogens with one attached hydrogen (secondary N) is 2. The number of rotatable bonds is 6. The van der Waals surface area contributed by atoms with Crippen molar-refractivity contribution in [3.05, 3.63) is 33.8 Å². The summed E-state index contributed by atoms with van der Waals surface area (Å²) in [5, 5.41) is 16.6. The van der Waals surface area contributed by atoms with E-state index in [1.165, 1.54) is 12.0 Å². The van der Waals surface area contributed by atoms with Crippen molar-refractivity contribution in [2.75, 3.05) is 26.2 Å². The topological polar surface area (TPSA) is 47.9 Å². The van der Waals surface area contributed by atoms with Crippen molar-refractivity contribution >= 4 is 23.2 Å². The maximum absolute atomic E-state index is 8.57. The van der Waals surface area contributed by atoms with E-state index in [1.54, 1.807) is 0 Å². The summed E-state index contributed by atoms with van der Waals surface area (Å²) in [6, 6.07) is 8.14. The van der Waals surface area contributed by atoms with Crippen LogP contribution in [-0.4, -0.2) is 26.2 Å². The van der Waals surface area contributed by atoms with Crippen LogP contribution in [0.25, 0.3) is 0 Å². The van der Waals surface area contributed by atoms with E-state index in [2.05, 4.69) is 22.8 Å². The summed E-state index contributed by atoms with van der Waals surface area (Å²) in [4.78, 5) is 0. The number of halogens is 2. The lowest BCUT2D eigenvalue weighted by Gasteiger charge is -2.38. The van der Waals surface area contributed by atoms with Crippen molar-refractivity contribution < 1.29 is 0 Å². The smallest absolute Gasteiger partial charge is 0.0635 e. The molecule has 1 atom stereocenters. The van der Waals surface area contributed by atoms with Gasteiger partial charge in [0.15, 0.2) is 0 Å². The van der Waals surface area contributed by atoms with Gasteiger partial charge in [-0.2, -0.15) is 5.26 Å². The molecule has 2 N–H and O–H groups in total. The lowest BCUT2D eigenvalue weighted by Crippen LogP contribution is -2.45. The van der Waals surface area contributed by atoms with Crippen LogP contribution in [0, 0.1) is 11.3 Å². The van der Waals surface area contributed by atoms with E-state index in [-0.39, 0.29) is 5.41 Å². The maximum Gasteiger partial charge on any atom is 0.0635 e. The molecule has 5 heteroatoms. The summed E-state index contributed by atoms with van der Waals surface area (Å²) in [7, 11) is 0. The quantitative estimate of drug-likeness (QED) is 0.787. The SMILES string of the molecule is N#CCCNCC[C@]1(c2ccc(Cl)c(Cl)c2)CCCNC1. The van der Waals surface area contributed by atoms with Crippen molar-refractivity contribution in [3.8, 4) is 6.07 Å². The molecule has 0 bridgehead atoms. The van der Waals surface area contributed by atoms with Crippen LogP contribution in [-0.2, 0) is 5.41 Å². The van der Waals surface area contributed by atoms with Gasteiger partial charge in [-0.25, -0.2) is 0 Å². The molecule has 0 radical (unpaired) electrons. The van der Waals surface area contributed by atoms with Crippen LogP contribution in [0.4, 0.5) is 0 Å². The molecule has 2 rings (SSSR count). The highest BCUT2D eigenvalue weighted by atomic mass is 35.5. The van der Waals surface area contributed by atoms with Crippen molar-refractivity contribution in [2.45, 2.75) is 31.1 Å². The predicted octanol–water partition coefficient (Wildman–Crippen LogP) is 3.51. The van der Waals surface area contributed by atoms with Crippen molar-refractivity contribution in [1.82, 2.24) is 10.6 Å². The second-order valence-corrected chi connectivity index (χ2v) is 6.41. The fourth-order valence-corrected chi connectivity index (χ4v) is 3.29. The zero-order valence-electron chi connectivity index (χ0n) is 12.1. The predicted molar refractivity (Wildman–Crippen MR) is 88.0 cm³/mol. The van der Waals surface area contributed by atoms with Gasteiger partial charge in [0.05, 0.1) is 16.1 Å². The van der Waals surface area contributed by atoms with E-state index in [4.69, 9.17) is 28.5 Å². The van der Waals surface area contributed by atoms with Gasteiger partial charge < -0.3 is 10.6 Å². The number of hydrogen-bond donors (Lipinski definition) is 2. The second-order valence-electron chi connectivity index (χ2n) is 5.60. The highest BCUT2D eigenvalue weighted by Gasteiger charge is 2.33.